The fraction of sp³-hybridized carbons (Fsp3) is 0.545. The molecular weight excluding hydrogens is 371 g/mol. The maximum atomic E-state index is 14.3. The van der Waals surface area contributed by atoms with Gasteiger partial charge in [0.2, 0.25) is 5.95 Å². The van der Waals surface area contributed by atoms with Gasteiger partial charge in [0.1, 0.15) is 11.6 Å². The minimum Gasteiger partial charge on any atom is -0.497 e. The van der Waals surface area contributed by atoms with Crippen molar-refractivity contribution in [3.8, 4) is 5.75 Å². The number of morpholine rings is 1. The molecule has 1 atom stereocenters. The lowest BCUT2D eigenvalue weighted by atomic mass is 9.74. The average Bonchev–Trinajstić information content (AvgIpc) is 2.72. The lowest BCUT2D eigenvalue weighted by Crippen LogP contribution is -2.39. The van der Waals surface area contributed by atoms with Crippen molar-refractivity contribution in [2.75, 3.05) is 38.3 Å². The Morgan fingerprint density at radius 1 is 1.31 bits per heavy atom. The van der Waals surface area contributed by atoms with Gasteiger partial charge >= 0.3 is 0 Å². The fourth-order valence-electron chi connectivity index (χ4n) is 4.17. The minimum atomic E-state index is -0.258. The Balaban J connectivity index is 1.54. The SMILES string of the molecule is COc1ccc(CNC2CC(C)(C)Cc3nc(N4CCOCC4)ncc32)c(F)c1. The molecule has 29 heavy (non-hydrogen) atoms. The van der Waals surface area contributed by atoms with Crippen molar-refractivity contribution in [1.82, 2.24) is 15.3 Å². The summed E-state index contributed by atoms with van der Waals surface area (Å²) in [7, 11) is 1.54. The van der Waals surface area contributed by atoms with Gasteiger partial charge in [-0.05, 0) is 24.3 Å². The van der Waals surface area contributed by atoms with Crippen molar-refractivity contribution < 1.29 is 13.9 Å². The molecule has 0 saturated carbocycles. The predicted molar refractivity (Wildman–Crippen MR) is 110 cm³/mol. The second-order valence-corrected chi connectivity index (χ2v) is 8.61. The number of methoxy groups -OCH3 is 1. The van der Waals surface area contributed by atoms with Gasteiger partial charge in [-0.25, -0.2) is 14.4 Å². The molecule has 1 fully saturated rings. The highest BCUT2D eigenvalue weighted by molar-refractivity contribution is 5.37. The van der Waals surface area contributed by atoms with E-state index in [0.29, 0.717) is 31.1 Å². The van der Waals surface area contributed by atoms with E-state index in [0.717, 1.165) is 43.1 Å². The molecule has 2 aromatic rings. The van der Waals surface area contributed by atoms with E-state index in [4.69, 9.17) is 14.5 Å². The molecule has 2 aliphatic rings. The second kappa shape index (κ2) is 8.24. The second-order valence-electron chi connectivity index (χ2n) is 8.61. The lowest BCUT2D eigenvalue weighted by molar-refractivity contribution is 0.122. The number of halogens is 1. The molecule has 6 nitrogen and oxygen atoms in total. The summed E-state index contributed by atoms with van der Waals surface area (Å²) in [6, 6.07) is 5.08. The molecule has 0 amide bonds. The lowest BCUT2D eigenvalue weighted by Gasteiger charge is -2.37. The van der Waals surface area contributed by atoms with Gasteiger partial charge in [0.15, 0.2) is 0 Å². The van der Waals surface area contributed by atoms with Crippen LogP contribution in [0.3, 0.4) is 0 Å². The van der Waals surface area contributed by atoms with Crippen LogP contribution in [-0.4, -0.2) is 43.4 Å². The summed E-state index contributed by atoms with van der Waals surface area (Å²) in [6.07, 6.45) is 3.82. The van der Waals surface area contributed by atoms with E-state index in [9.17, 15) is 4.39 Å². The van der Waals surface area contributed by atoms with Crippen LogP contribution in [0.1, 0.15) is 43.1 Å². The van der Waals surface area contributed by atoms with E-state index in [-0.39, 0.29) is 17.3 Å². The van der Waals surface area contributed by atoms with Crippen molar-refractivity contribution in [3.05, 3.63) is 47.0 Å². The van der Waals surface area contributed by atoms with Gasteiger partial charge in [0.25, 0.3) is 0 Å². The number of hydrogen-bond acceptors (Lipinski definition) is 6. The number of nitrogens with one attached hydrogen (secondary N) is 1. The molecule has 1 saturated heterocycles. The third-order valence-corrected chi connectivity index (χ3v) is 5.76. The van der Waals surface area contributed by atoms with Gasteiger partial charge in [-0.3, -0.25) is 0 Å². The molecule has 2 heterocycles. The smallest absolute Gasteiger partial charge is 0.225 e. The van der Waals surface area contributed by atoms with E-state index < -0.39 is 0 Å². The Morgan fingerprint density at radius 3 is 2.83 bits per heavy atom. The molecule has 1 aliphatic carbocycles. The number of benzene rings is 1. The summed E-state index contributed by atoms with van der Waals surface area (Å²) in [5.41, 5.74) is 2.95. The summed E-state index contributed by atoms with van der Waals surface area (Å²) < 4.78 is 24.9. The number of fused-ring (bicyclic) bond motifs is 1. The van der Waals surface area contributed by atoms with Gasteiger partial charge in [0.05, 0.1) is 26.0 Å². The Morgan fingerprint density at radius 2 is 2.10 bits per heavy atom. The molecule has 7 heteroatoms. The van der Waals surface area contributed by atoms with E-state index in [1.54, 1.807) is 19.2 Å². The van der Waals surface area contributed by atoms with Crippen LogP contribution in [0.5, 0.6) is 5.75 Å². The van der Waals surface area contributed by atoms with E-state index >= 15 is 0 Å². The Hall–Kier alpha value is -2.25. The number of ether oxygens (including phenoxy) is 2. The Labute approximate surface area is 171 Å². The molecule has 1 aromatic heterocycles. The highest BCUT2D eigenvalue weighted by Gasteiger charge is 2.34. The molecule has 0 radical (unpaired) electrons. The van der Waals surface area contributed by atoms with Crippen molar-refractivity contribution in [3.63, 3.8) is 0 Å². The molecule has 1 aliphatic heterocycles. The van der Waals surface area contributed by atoms with Crippen LogP contribution in [-0.2, 0) is 17.7 Å². The quantitative estimate of drug-likeness (QED) is 0.831. The summed E-state index contributed by atoms with van der Waals surface area (Å²) in [5, 5.41) is 3.53. The number of anilines is 1. The number of nitrogens with zero attached hydrogens (tertiary/aromatic N) is 3. The third kappa shape index (κ3) is 4.51. The first-order valence-corrected chi connectivity index (χ1v) is 10.2. The molecule has 1 aromatic carbocycles. The molecule has 0 bridgehead atoms. The van der Waals surface area contributed by atoms with E-state index in [1.165, 1.54) is 6.07 Å². The molecular formula is C22H29FN4O2. The van der Waals surface area contributed by atoms with Crippen LogP contribution in [0.4, 0.5) is 10.3 Å². The molecule has 4 rings (SSSR count). The zero-order valence-corrected chi connectivity index (χ0v) is 17.4. The number of aromatic nitrogens is 2. The van der Waals surface area contributed by atoms with Crippen LogP contribution in [0, 0.1) is 11.2 Å². The van der Waals surface area contributed by atoms with Gasteiger partial charge in [0, 0.05) is 49.1 Å². The third-order valence-electron chi connectivity index (χ3n) is 5.76. The Bertz CT molecular complexity index is 868. The topological polar surface area (TPSA) is 59.5 Å². The maximum absolute atomic E-state index is 14.3. The zero-order chi connectivity index (χ0) is 20.4. The molecule has 0 spiro atoms. The fourth-order valence-corrected chi connectivity index (χ4v) is 4.17. The van der Waals surface area contributed by atoms with Crippen molar-refractivity contribution >= 4 is 5.95 Å². The normalized spacial score (nSPS) is 21.0. The van der Waals surface area contributed by atoms with Crippen molar-refractivity contribution in [2.45, 2.75) is 39.3 Å². The van der Waals surface area contributed by atoms with Gasteiger partial charge in [-0.15, -0.1) is 0 Å². The van der Waals surface area contributed by atoms with Crippen LogP contribution in [0.15, 0.2) is 24.4 Å². The van der Waals surface area contributed by atoms with Crippen LogP contribution in [0.25, 0.3) is 0 Å². The van der Waals surface area contributed by atoms with Gasteiger partial charge < -0.3 is 19.7 Å². The van der Waals surface area contributed by atoms with Crippen molar-refractivity contribution in [2.24, 2.45) is 5.41 Å². The maximum Gasteiger partial charge on any atom is 0.225 e. The number of hydrogen-bond donors (Lipinski definition) is 1. The summed E-state index contributed by atoms with van der Waals surface area (Å²) in [4.78, 5) is 11.7. The van der Waals surface area contributed by atoms with Crippen LogP contribution < -0.4 is 15.0 Å². The van der Waals surface area contributed by atoms with Crippen molar-refractivity contribution in [1.29, 1.82) is 0 Å². The molecule has 1 N–H and O–H groups in total. The van der Waals surface area contributed by atoms with Crippen LogP contribution >= 0.6 is 0 Å². The van der Waals surface area contributed by atoms with Crippen LogP contribution in [0.2, 0.25) is 0 Å². The average molecular weight is 400 g/mol. The first kappa shape index (κ1) is 20.0. The zero-order valence-electron chi connectivity index (χ0n) is 17.4. The van der Waals surface area contributed by atoms with E-state index in [2.05, 4.69) is 29.0 Å². The highest BCUT2D eigenvalue weighted by atomic mass is 19.1. The van der Waals surface area contributed by atoms with Gasteiger partial charge in [-0.2, -0.15) is 0 Å². The Kier molecular flexibility index (Phi) is 5.69. The number of rotatable bonds is 5. The molecule has 1 unspecified atom stereocenters. The van der Waals surface area contributed by atoms with Gasteiger partial charge in [-0.1, -0.05) is 19.9 Å². The first-order valence-electron chi connectivity index (χ1n) is 10.2. The molecule has 156 valence electrons. The predicted octanol–water partition coefficient (Wildman–Crippen LogP) is 3.26. The highest BCUT2D eigenvalue weighted by Crippen LogP contribution is 2.40. The first-order chi connectivity index (χ1) is 13.9. The minimum absolute atomic E-state index is 0.0917. The monoisotopic (exact) mass is 400 g/mol. The van der Waals surface area contributed by atoms with E-state index in [1.807, 2.05) is 6.20 Å². The summed E-state index contributed by atoms with van der Waals surface area (Å²) >= 11 is 0. The standard InChI is InChI=1S/C22H29FN4O2/c1-22(2)11-19(24-13-15-4-5-16(28-3)10-18(15)23)17-14-25-21(26-20(17)12-22)27-6-8-29-9-7-27/h4-5,10,14,19,24H,6-9,11-13H2,1-3H3. The largest absolute Gasteiger partial charge is 0.497 e. The summed E-state index contributed by atoms with van der Waals surface area (Å²) in [6.45, 7) is 8.03. The summed E-state index contributed by atoms with van der Waals surface area (Å²) in [5.74, 6) is 1.05.